The van der Waals surface area contributed by atoms with Gasteiger partial charge in [0.05, 0.1) is 6.61 Å². The molecule has 0 fully saturated rings. The van der Waals surface area contributed by atoms with Crippen molar-refractivity contribution in [3.63, 3.8) is 0 Å². The smallest absolute Gasteiger partial charge is 0.322 e. The first-order valence-corrected chi connectivity index (χ1v) is 8.67. The van der Waals surface area contributed by atoms with Crippen LogP contribution in [0, 0.1) is 0 Å². The number of benzene rings is 2. The maximum Gasteiger partial charge on any atom is 0.322 e. The largest absolute Gasteiger partial charge is 0.494 e. The van der Waals surface area contributed by atoms with Gasteiger partial charge in [-0.15, -0.1) is 5.10 Å². The van der Waals surface area contributed by atoms with Gasteiger partial charge in [-0.3, -0.25) is 10.1 Å². The zero-order valence-electron chi connectivity index (χ0n) is 14.2. The van der Waals surface area contributed by atoms with Crippen molar-refractivity contribution in [1.82, 2.24) is 10.2 Å². The molecule has 1 aromatic heterocycles. The van der Waals surface area contributed by atoms with Crippen LogP contribution in [-0.2, 0) is 0 Å². The summed E-state index contributed by atoms with van der Waals surface area (Å²) in [4.78, 5) is 12.4. The van der Waals surface area contributed by atoms with Crippen molar-refractivity contribution in [2.75, 3.05) is 11.9 Å². The average Bonchev–Trinajstić information content (AvgIpc) is 3.11. The van der Waals surface area contributed by atoms with Gasteiger partial charge in [-0.2, -0.15) is 0 Å². The Hall–Kier alpha value is -2.86. The van der Waals surface area contributed by atoms with E-state index in [1.165, 1.54) is 0 Å². The maximum absolute atomic E-state index is 12.4. The van der Waals surface area contributed by atoms with Crippen molar-refractivity contribution < 1.29 is 13.9 Å². The molecule has 0 atom stereocenters. The lowest BCUT2D eigenvalue weighted by Gasteiger charge is -2.07. The lowest BCUT2D eigenvalue weighted by molar-refractivity contribution is 0.102. The number of amides is 1. The number of rotatable bonds is 7. The molecule has 0 aliphatic rings. The summed E-state index contributed by atoms with van der Waals surface area (Å²) in [5, 5.41) is 10.9. The van der Waals surface area contributed by atoms with Crippen LogP contribution in [0.15, 0.2) is 52.9 Å². The van der Waals surface area contributed by atoms with E-state index in [9.17, 15) is 4.79 Å². The fourth-order valence-corrected chi connectivity index (χ4v) is 2.43. The number of aromatic nitrogens is 2. The molecule has 134 valence electrons. The first-order valence-electron chi connectivity index (χ1n) is 8.29. The van der Waals surface area contributed by atoms with Crippen LogP contribution >= 0.6 is 11.6 Å². The molecular weight excluding hydrogens is 354 g/mol. The van der Waals surface area contributed by atoms with Crippen molar-refractivity contribution in [1.29, 1.82) is 0 Å². The van der Waals surface area contributed by atoms with Crippen LogP contribution in [-0.4, -0.2) is 22.7 Å². The molecule has 0 spiro atoms. The molecule has 0 unspecified atom stereocenters. The van der Waals surface area contributed by atoms with Gasteiger partial charge in [-0.05, 0) is 42.8 Å². The second-order valence-corrected chi connectivity index (χ2v) is 6.04. The SMILES string of the molecule is CCCCOc1cccc(C(=O)Nc2nnc(-c3cccc(Cl)c3)o2)c1. The second kappa shape index (κ2) is 8.49. The summed E-state index contributed by atoms with van der Waals surface area (Å²) in [6, 6.07) is 14.0. The van der Waals surface area contributed by atoms with Gasteiger partial charge in [0, 0.05) is 16.1 Å². The average molecular weight is 372 g/mol. The number of nitrogens with one attached hydrogen (secondary N) is 1. The summed E-state index contributed by atoms with van der Waals surface area (Å²) < 4.78 is 11.1. The van der Waals surface area contributed by atoms with Crippen LogP contribution in [0.5, 0.6) is 5.75 Å². The number of anilines is 1. The fourth-order valence-electron chi connectivity index (χ4n) is 2.24. The Morgan fingerprint density at radius 1 is 1.19 bits per heavy atom. The normalized spacial score (nSPS) is 10.5. The zero-order chi connectivity index (χ0) is 18.4. The standard InChI is InChI=1S/C19H18ClN3O3/c1-2-3-10-25-16-9-5-6-13(12-16)17(24)21-19-23-22-18(26-19)14-7-4-8-15(20)11-14/h4-9,11-12H,2-3,10H2,1H3,(H,21,23,24). The first-order chi connectivity index (χ1) is 12.7. The number of unbranched alkanes of at least 4 members (excludes halogenated alkanes) is 1. The summed E-state index contributed by atoms with van der Waals surface area (Å²) in [5.74, 6) is 0.572. The highest BCUT2D eigenvalue weighted by molar-refractivity contribution is 6.30. The van der Waals surface area contributed by atoms with Crippen molar-refractivity contribution in [2.45, 2.75) is 19.8 Å². The van der Waals surface area contributed by atoms with Gasteiger partial charge >= 0.3 is 6.01 Å². The monoisotopic (exact) mass is 371 g/mol. The van der Waals surface area contributed by atoms with Crippen molar-refractivity contribution in [2.24, 2.45) is 0 Å². The zero-order valence-corrected chi connectivity index (χ0v) is 15.0. The Bertz CT molecular complexity index is 895. The highest BCUT2D eigenvalue weighted by Gasteiger charge is 2.13. The quantitative estimate of drug-likeness (QED) is 0.602. The molecule has 0 saturated heterocycles. The number of halogens is 1. The highest BCUT2D eigenvalue weighted by Crippen LogP contribution is 2.23. The molecule has 0 bridgehead atoms. The third-order valence-electron chi connectivity index (χ3n) is 3.58. The minimum absolute atomic E-state index is 0.0160. The number of hydrogen-bond acceptors (Lipinski definition) is 5. The Morgan fingerprint density at radius 3 is 2.85 bits per heavy atom. The Labute approximate surface area is 156 Å². The summed E-state index contributed by atoms with van der Waals surface area (Å²) >= 11 is 5.95. The van der Waals surface area contributed by atoms with E-state index in [-0.39, 0.29) is 17.8 Å². The summed E-state index contributed by atoms with van der Waals surface area (Å²) in [5.41, 5.74) is 1.12. The lowest BCUT2D eigenvalue weighted by atomic mass is 10.2. The highest BCUT2D eigenvalue weighted by atomic mass is 35.5. The topological polar surface area (TPSA) is 77.2 Å². The molecule has 1 amide bonds. The molecule has 0 aliphatic carbocycles. The van der Waals surface area contributed by atoms with Crippen LogP contribution in [0.4, 0.5) is 6.01 Å². The van der Waals surface area contributed by atoms with Crippen LogP contribution in [0.25, 0.3) is 11.5 Å². The van der Waals surface area contributed by atoms with Crippen LogP contribution < -0.4 is 10.1 Å². The molecular formula is C19H18ClN3O3. The van der Waals surface area contributed by atoms with Gasteiger partial charge in [0.25, 0.3) is 5.91 Å². The lowest BCUT2D eigenvalue weighted by Crippen LogP contribution is -2.12. The third kappa shape index (κ3) is 4.61. The van der Waals surface area contributed by atoms with Crippen molar-refractivity contribution in [3.05, 3.63) is 59.1 Å². The van der Waals surface area contributed by atoms with E-state index in [1.807, 2.05) is 6.07 Å². The second-order valence-electron chi connectivity index (χ2n) is 5.61. The summed E-state index contributed by atoms with van der Waals surface area (Å²) in [6.07, 6.45) is 2.01. The van der Waals surface area contributed by atoms with E-state index in [0.717, 1.165) is 12.8 Å². The Morgan fingerprint density at radius 2 is 2.04 bits per heavy atom. The van der Waals surface area contributed by atoms with Gasteiger partial charge < -0.3 is 9.15 Å². The first kappa shape index (κ1) is 17.9. The Balaban J connectivity index is 1.68. The van der Waals surface area contributed by atoms with E-state index >= 15 is 0 Å². The number of hydrogen-bond donors (Lipinski definition) is 1. The molecule has 0 radical (unpaired) electrons. The molecule has 2 aromatic carbocycles. The van der Waals surface area contributed by atoms with Crippen LogP contribution in [0.3, 0.4) is 0 Å². The van der Waals surface area contributed by atoms with Crippen LogP contribution in [0.2, 0.25) is 5.02 Å². The molecule has 3 rings (SSSR count). The molecule has 0 aliphatic heterocycles. The van der Waals surface area contributed by atoms with Gasteiger partial charge in [0.15, 0.2) is 0 Å². The fraction of sp³-hybridized carbons (Fsp3) is 0.211. The molecule has 1 N–H and O–H groups in total. The maximum atomic E-state index is 12.4. The predicted octanol–water partition coefficient (Wildman–Crippen LogP) is 4.82. The number of nitrogens with zero attached hydrogens (tertiary/aromatic N) is 2. The van der Waals surface area contributed by atoms with Crippen molar-refractivity contribution >= 4 is 23.5 Å². The van der Waals surface area contributed by atoms with E-state index in [0.29, 0.717) is 28.5 Å². The third-order valence-corrected chi connectivity index (χ3v) is 3.81. The number of carbonyl (C=O) groups is 1. The van der Waals surface area contributed by atoms with Crippen molar-refractivity contribution in [3.8, 4) is 17.2 Å². The molecule has 0 saturated carbocycles. The summed E-state index contributed by atoms with van der Waals surface area (Å²) in [6.45, 7) is 2.71. The van der Waals surface area contributed by atoms with Gasteiger partial charge in [0.2, 0.25) is 5.89 Å². The van der Waals surface area contributed by atoms with Crippen LogP contribution in [0.1, 0.15) is 30.1 Å². The van der Waals surface area contributed by atoms with Gasteiger partial charge in [-0.25, -0.2) is 0 Å². The van der Waals surface area contributed by atoms with E-state index in [4.69, 9.17) is 20.8 Å². The van der Waals surface area contributed by atoms with Gasteiger partial charge in [0.1, 0.15) is 5.75 Å². The van der Waals surface area contributed by atoms with E-state index in [2.05, 4.69) is 22.4 Å². The molecule has 26 heavy (non-hydrogen) atoms. The van der Waals surface area contributed by atoms with E-state index in [1.54, 1.807) is 42.5 Å². The predicted molar refractivity (Wildman–Crippen MR) is 99.5 cm³/mol. The molecule has 3 aromatic rings. The van der Waals surface area contributed by atoms with Gasteiger partial charge in [-0.1, -0.05) is 42.2 Å². The Kier molecular flexibility index (Phi) is 5.86. The van der Waals surface area contributed by atoms with E-state index < -0.39 is 0 Å². The number of carbonyl (C=O) groups excluding carboxylic acids is 1. The minimum atomic E-state index is -0.354. The minimum Gasteiger partial charge on any atom is -0.494 e. The summed E-state index contributed by atoms with van der Waals surface area (Å²) in [7, 11) is 0. The number of ether oxygens (including phenoxy) is 1. The molecule has 1 heterocycles. The molecule has 7 heteroatoms. The molecule has 6 nitrogen and oxygen atoms in total.